The minimum atomic E-state index is -0.747. The third kappa shape index (κ3) is 5.11. The molecule has 0 aromatic carbocycles. The van der Waals surface area contributed by atoms with Crippen molar-refractivity contribution in [3.05, 3.63) is 0 Å². The van der Waals surface area contributed by atoms with Gasteiger partial charge in [-0.15, -0.1) is 0 Å². The number of rotatable bonds is 2. The van der Waals surface area contributed by atoms with Crippen LogP contribution >= 0.6 is 0 Å². The first kappa shape index (κ1) is 14.1. The molecule has 0 radical (unpaired) electrons. The summed E-state index contributed by atoms with van der Waals surface area (Å²) >= 11 is 0. The SMILES string of the molecule is CC.CCC1CCCN(S(C)=O)CC1. The van der Waals surface area contributed by atoms with Crippen LogP contribution in [-0.2, 0) is 11.0 Å². The predicted octanol–water partition coefficient (Wildman–Crippen LogP) is 2.82. The Morgan fingerprint density at radius 2 is 1.93 bits per heavy atom. The molecule has 1 aliphatic heterocycles. The summed E-state index contributed by atoms with van der Waals surface area (Å²) in [5, 5.41) is 0. The van der Waals surface area contributed by atoms with Crippen molar-refractivity contribution in [3.8, 4) is 0 Å². The molecule has 0 spiro atoms. The zero-order valence-corrected chi connectivity index (χ0v) is 10.9. The van der Waals surface area contributed by atoms with Gasteiger partial charge >= 0.3 is 0 Å². The highest BCUT2D eigenvalue weighted by Crippen LogP contribution is 2.20. The summed E-state index contributed by atoms with van der Waals surface area (Å²) in [5.74, 6) is 0.874. The van der Waals surface area contributed by atoms with E-state index in [0.717, 1.165) is 19.0 Å². The van der Waals surface area contributed by atoms with Crippen LogP contribution in [0, 0.1) is 5.92 Å². The van der Waals surface area contributed by atoms with E-state index in [1.54, 1.807) is 6.26 Å². The van der Waals surface area contributed by atoms with E-state index in [9.17, 15) is 4.21 Å². The van der Waals surface area contributed by atoms with Gasteiger partial charge in [0.15, 0.2) is 0 Å². The highest BCUT2D eigenvalue weighted by Gasteiger charge is 2.16. The fourth-order valence-electron chi connectivity index (χ4n) is 1.80. The van der Waals surface area contributed by atoms with E-state index in [0.29, 0.717) is 0 Å². The molecular weight excluding hydrogens is 194 g/mol. The molecule has 14 heavy (non-hydrogen) atoms. The quantitative estimate of drug-likeness (QED) is 0.699. The fraction of sp³-hybridized carbons (Fsp3) is 1.00. The summed E-state index contributed by atoms with van der Waals surface area (Å²) in [6.07, 6.45) is 6.84. The molecule has 0 aromatic rings. The lowest BCUT2D eigenvalue weighted by Crippen LogP contribution is -2.26. The molecule has 2 nitrogen and oxygen atoms in total. The van der Waals surface area contributed by atoms with Crippen LogP contribution < -0.4 is 0 Å². The van der Waals surface area contributed by atoms with Crippen LogP contribution in [0.5, 0.6) is 0 Å². The number of hydrogen-bond acceptors (Lipinski definition) is 1. The highest BCUT2D eigenvalue weighted by molar-refractivity contribution is 7.81. The van der Waals surface area contributed by atoms with E-state index < -0.39 is 11.0 Å². The van der Waals surface area contributed by atoms with E-state index in [4.69, 9.17) is 0 Å². The molecule has 1 aliphatic rings. The fourth-order valence-corrected chi connectivity index (χ4v) is 2.55. The maximum absolute atomic E-state index is 11.2. The Hall–Kier alpha value is 0.110. The summed E-state index contributed by atoms with van der Waals surface area (Å²) in [5.41, 5.74) is 0. The van der Waals surface area contributed by atoms with E-state index >= 15 is 0 Å². The van der Waals surface area contributed by atoms with Crippen LogP contribution in [-0.4, -0.2) is 27.9 Å². The second-order valence-corrected chi connectivity index (χ2v) is 4.92. The van der Waals surface area contributed by atoms with Gasteiger partial charge in [-0.25, -0.2) is 8.51 Å². The van der Waals surface area contributed by atoms with Crippen LogP contribution in [0.3, 0.4) is 0 Å². The van der Waals surface area contributed by atoms with Crippen molar-refractivity contribution < 1.29 is 4.21 Å². The van der Waals surface area contributed by atoms with E-state index in [-0.39, 0.29) is 0 Å². The molecule has 0 aromatic heterocycles. The summed E-state index contributed by atoms with van der Waals surface area (Å²) in [6.45, 7) is 8.31. The highest BCUT2D eigenvalue weighted by atomic mass is 32.2. The molecule has 1 rings (SSSR count). The molecule has 1 saturated heterocycles. The molecule has 0 N–H and O–H groups in total. The van der Waals surface area contributed by atoms with E-state index in [1.807, 2.05) is 13.8 Å². The molecule has 2 unspecified atom stereocenters. The molecule has 0 aliphatic carbocycles. The van der Waals surface area contributed by atoms with Crippen molar-refractivity contribution in [1.82, 2.24) is 4.31 Å². The van der Waals surface area contributed by atoms with Crippen LogP contribution in [0.15, 0.2) is 0 Å². The van der Waals surface area contributed by atoms with Crippen molar-refractivity contribution >= 4 is 11.0 Å². The van der Waals surface area contributed by atoms with Gasteiger partial charge in [0.2, 0.25) is 0 Å². The van der Waals surface area contributed by atoms with Gasteiger partial charge in [0.1, 0.15) is 0 Å². The topological polar surface area (TPSA) is 20.3 Å². The zero-order valence-electron chi connectivity index (χ0n) is 10.1. The summed E-state index contributed by atoms with van der Waals surface area (Å²) < 4.78 is 13.3. The van der Waals surface area contributed by atoms with Gasteiger partial charge in [0.05, 0.1) is 11.0 Å². The Balaban J connectivity index is 0.000000791. The lowest BCUT2D eigenvalue weighted by Gasteiger charge is -2.15. The normalized spacial score (nSPS) is 25.9. The Kier molecular flexibility index (Phi) is 8.49. The molecule has 0 saturated carbocycles. The molecule has 1 fully saturated rings. The summed E-state index contributed by atoms with van der Waals surface area (Å²) in [4.78, 5) is 0. The predicted molar refractivity (Wildman–Crippen MR) is 64.6 cm³/mol. The first-order chi connectivity index (χ1) is 6.74. The molecule has 86 valence electrons. The monoisotopic (exact) mass is 219 g/mol. The van der Waals surface area contributed by atoms with Crippen LogP contribution in [0.2, 0.25) is 0 Å². The minimum absolute atomic E-state index is 0.747. The van der Waals surface area contributed by atoms with Gasteiger partial charge in [0, 0.05) is 19.3 Å². The molecule has 3 heteroatoms. The lowest BCUT2D eigenvalue weighted by atomic mass is 9.98. The second-order valence-electron chi connectivity index (χ2n) is 3.56. The van der Waals surface area contributed by atoms with Gasteiger partial charge in [0.25, 0.3) is 0 Å². The average Bonchev–Trinajstić information content (AvgIpc) is 2.45. The van der Waals surface area contributed by atoms with Crippen molar-refractivity contribution in [2.75, 3.05) is 19.3 Å². The Morgan fingerprint density at radius 3 is 2.43 bits per heavy atom. The number of hydrogen-bond donors (Lipinski definition) is 0. The molecule has 0 amide bonds. The molecular formula is C11H25NOS. The first-order valence-corrected chi connectivity index (χ1v) is 7.34. The molecule has 1 heterocycles. The van der Waals surface area contributed by atoms with Gasteiger partial charge in [-0.05, 0) is 25.2 Å². The largest absolute Gasteiger partial charge is 0.243 e. The van der Waals surface area contributed by atoms with E-state index in [2.05, 4.69) is 11.2 Å². The summed E-state index contributed by atoms with van der Waals surface area (Å²) in [7, 11) is -0.747. The van der Waals surface area contributed by atoms with Crippen LogP contribution in [0.1, 0.15) is 46.5 Å². The Morgan fingerprint density at radius 1 is 1.29 bits per heavy atom. The van der Waals surface area contributed by atoms with Gasteiger partial charge in [-0.1, -0.05) is 27.2 Å². The first-order valence-electron chi connectivity index (χ1n) is 5.82. The van der Waals surface area contributed by atoms with Crippen molar-refractivity contribution in [3.63, 3.8) is 0 Å². The number of nitrogens with zero attached hydrogens (tertiary/aromatic N) is 1. The lowest BCUT2D eigenvalue weighted by molar-refractivity contribution is 0.430. The van der Waals surface area contributed by atoms with Gasteiger partial charge < -0.3 is 0 Å². The van der Waals surface area contributed by atoms with Gasteiger partial charge in [-0.3, -0.25) is 0 Å². The summed E-state index contributed by atoms with van der Waals surface area (Å²) in [6, 6.07) is 0. The van der Waals surface area contributed by atoms with Crippen molar-refractivity contribution in [2.45, 2.75) is 46.5 Å². The third-order valence-corrected chi connectivity index (χ3v) is 3.84. The van der Waals surface area contributed by atoms with Gasteiger partial charge in [-0.2, -0.15) is 0 Å². The Bertz CT molecular complexity index is 161. The minimum Gasteiger partial charge on any atom is -0.243 e. The maximum atomic E-state index is 11.2. The molecule has 0 bridgehead atoms. The smallest absolute Gasteiger partial charge is 0.0910 e. The van der Waals surface area contributed by atoms with E-state index in [1.165, 1.54) is 25.7 Å². The standard InChI is InChI=1S/C9H19NOS.C2H6/c1-3-9-5-4-7-10(8-6-9)12(2)11;1-2/h9H,3-8H2,1-2H3;1-2H3. The third-order valence-electron chi connectivity index (χ3n) is 2.75. The maximum Gasteiger partial charge on any atom is 0.0910 e. The second kappa shape index (κ2) is 8.42. The average molecular weight is 219 g/mol. The van der Waals surface area contributed by atoms with Crippen LogP contribution in [0.25, 0.3) is 0 Å². The molecule has 2 atom stereocenters. The van der Waals surface area contributed by atoms with Crippen molar-refractivity contribution in [2.24, 2.45) is 5.92 Å². The van der Waals surface area contributed by atoms with Crippen LogP contribution in [0.4, 0.5) is 0 Å². The Labute approximate surface area is 91.7 Å². The van der Waals surface area contributed by atoms with Crippen molar-refractivity contribution in [1.29, 1.82) is 0 Å². The zero-order chi connectivity index (χ0) is 11.0.